The minimum Gasteiger partial charge on any atom is -0.258 e. The third-order valence-corrected chi connectivity index (χ3v) is 3.22. The molecule has 6 nitrogen and oxygen atoms in total. The van der Waals surface area contributed by atoms with Crippen molar-refractivity contribution in [1.29, 1.82) is 0 Å². The van der Waals surface area contributed by atoms with E-state index in [1.807, 2.05) is 0 Å². The van der Waals surface area contributed by atoms with Crippen molar-refractivity contribution in [1.82, 2.24) is 0 Å². The summed E-state index contributed by atoms with van der Waals surface area (Å²) in [6, 6.07) is 3.87. The molecule has 0 aliphatic heterocycles. The first-order chi connectivity index (χ1) is 8.54. The number of nitro groups is 1. The molecule has 11 heteroatoms. The number of nitro benzene ring substituents is 1. The highest BCUT2D eigenvalue weighted by Crippen LogP contribution is 2.26. The summed E-state index contributed by atoms with van der Waals surface area (Å²) >= 11 is 5.33. The van der Waals surface area contributed by atoms with Crippen LogP contribution in [0.5, 0.6) is 0 Å². The van der Waals surface area contributed by atoms with Gasteiger partial charge in [0.2, 0.25) is 0 Å². The molecule has 0 aromatic heterocycles. The molecule has 0 saturated heterocycles. The molecular formula is C8H4ClF3N2O4S. The molecule has 0 spiro atoms. The smallest absolute Gasteiger partial charge is 0.258 e. The van der Waals surface area contributed by atoms with Crippen LogP contribution in [0.4, 0.5) is 18.9 Å². The second-order valence-electron chi connectivity index (χ2n) is 3.11. The Bertz CT molecular complexity index is 624. The van der Waals surface area contributed by atoms with Gasteiger partial charge in [-0.3, -0.25) is 10.1 Å². The quantitative estimate of drug-likeness (QED) is 0.486. The van der Waals surface area contributed by atoms with Crippen molar-refractivity contribution in [2.45, 2.75) is 5.51 Å². The molecule has 0 atom stereocenters. The number of alkyl halides is 3. The van der Waals surface area contributed by atoms with Gasteiger partial charge in [-0.1, -0.05) is 11.6 Å². The molecule has 0 unspecified atom stereocenters. The largest absolute Gasteiger partial charge is 0.518 e. The molecule has 0 N–H and O–H groups in total. The van der Waals surface area contributed by atoms with Crippen molar-refractivity contribution in [2.75, 3.05) is 0 Å². The van der Waals surface area contributed by atoms with E-state index in [0.717, 1.165) is 24.3 Å². The summed E-state index contributed by atoms with van der Waals surface area (Å²) in [7, 11) is -5.75. The molecule has 1 aromatic carbocycles. The monoisotopic (exact) mass is 316 g/mol. The van der Waals surface area contributed by atoms with Crippen molar-refractivity contribution >= 4 is 32.5 Å². The highest BCUT2D eigenvalue weighted by atomic mass is 35.5. The summed E-state index contributed by atoms with van der Waals surface area (Å²) in [5.41, 5.74) is -6.08. The third-order valence-electron chi connectivity index (χ3n) is 1.81. The zero-order valence-corrected chi connectivity index (χ0v) is 10.3. The number of nitrogens with zero attached hydrogens (tertiary/aromatic N) is 2. The molecule has 0 amide bonds. The number of sulfonamides is 1. The Morgan fingerprint density at radius 3 is 2.11 bits per heavy atom. The van der Waals surface area contributed by atoms with Crippen molar-refractivity contribution in [3.63, 3.8) is 0 Å². The summed E-state index contributed by atoms with van der Waals surface area (Å²) in [4.78, 5) is 9.61. The van der Waals surface area contributed by atoms with Gasteiger partial charge in [0, 0.05) is 17.7 Å². The van der Waals surface area contributed by atoms with Crippen LogP contribution >= 0.6 is 11.6 Å². The Morgan fingerprint density at radius 2 is 1.74 bits per heavy atom. The number of rotatable bonds is 3. The van der Waals surface area contributed by atoms with Crippen LogP contribution in [0.1, 0.15) is 5.56 Å². The Hall–Kier alpha value is -1.68. The number of benzene rings is 1. The van der Waals surface area contributed by atoms with Gasteiger partial charge in [0.15, 0.2) is 0 Å². The summed E-state index contributed by atoms with van der Waals surface area (Å²) < 4.78 is 59.9. The van der Waals surface area contributed by atoms with Crippen LogP contribution in [0.2, 0.25) is 0 Å². The topological polar surface area (TPSA) is 89.6 Å². The van der Waals surface area contributed by atoms with E-state index in [2.05, 4.69) is 4.40 Å². The molecule has 1 rings (SSSR count). The van der Waals surface area contributed by atoms with Crippen LogP contribution in [-0.4, -0.2) is 24.0 Å². The molecule has 0 saturated carbocycles. The zero-order valence-electron chi connectivity index (χ0n) is 8.76. The van der Waals surface area contributed by atoms with Gasteiger partial charge in [-0.25, -0.2) is 0 Å². The van der Waals surface area contributed by atoms with Crippen LogP contribution < -0.4 is 0 Å². The Balaban J connectivity index is 3.14. The Kier molecular flexibility index (Phi) is 4.15. The van der Waals surface area contributed by atoms with Gasteiger partial charge in [-0.15, -0.1) is 4.40 Å². The zero-order chi connectivity index (χ0) is 14.8. The summed E-state index contributed by atoms with van der Waals surface area (Å²) in [5.74, 6) is 0. The standard InChI is InChI=1S/C8H4ClF3N2O4S/c9-7(13-19(17,18)8(10,11)12)5-1-3-6(4-2-5)14(15)16/h1-4H. The molecule has 0 bridgehead atoms. The average molecular weight is 317 g/mol. The van der Waals surface area contributed by atoms with Gasteiger partial charge in [-0.05, 0) is 12.1 Å². The van der Waals surface area contributed by atoms with E-state index in [-0.39, 0.29) is 11.3 Å². The number of non-ortho nitro benzene ring substituents is 1. The lowest BCUT2D eigenvalue weighted by Gasteiger charge is -2.03. The lowest BCUT2D eigenvalue weighted by molar-refractivity contribution is -0.384. The molecule has 0 fully saturated rings. The Morgan fingerprint density at radius 1 is 1.26 bits per heavy atom. The highest BCUT2D eigenvalue weighted by molar-refractivity contribution is 7.91. The first-order valence-electron chi connectivity index (χ1n) is 4.36. The number of halogens is 4. The summed E-state index contributed by atoms with van der Waals surface area (Å²) in [6.45, 7) is 0. The second kappa shape index (κ2) is 5.13. The van der Waals surface area contributed by atoms with Gasteiger partial charge in [0.25, 0.3) is 5.69 Å². The van der Waals surface area contributed by atoms with E-state index in [4.69, 9.17) is 11.6 Å². The number of hydrogen-bond donors (Lipinski definition) is 0. The van der Waals surface area contributed by atoms with E-state index in [1.54, 1.807) is 0 Å². The molecule has 0 heterocycles. The van der Waals surface area contributed by atoms with Gasteiger partial charge in [-0.2, -0.15) is 21.6 Å². The maximum absolute atomic E-state index is 12.0. The van der Waals surface area contributed by atoms with E-state index in [1.165, 1.54) is 0 Å². The van der Waals surface area contributed by atoms with E-state index in [0.29, 0.717) is 0 Å². The molecule has 1 aromatic rings. The minimum atomic E-state index is -5.75. The van der Waals surface area contributed by atoms with Crippen LogP contribution in [-0.2, 0) is 10.0 Å². The van der Waals surface area contributed by atoms with Crippen molar-refractivity contribution < 1.29 is 26.5 Å². The van der Waals surface area contributed by atoms with Crippen molar-refractivity contribution in [3.8, 4) is 0 Å². The van der Waals surface area contributed by atoms with Gasteiger partial charge < -0.3 is 0 Å². The predicted molar refractivity (Wildman–Crippen MR) is 60.5 cm³/mol. The van der Waals surface area contributed by atoms with Crippen molar-refractivity contribution in [3.05, 3.63) is 39.9 Å². The lowest BCUT2D eigenvalue weighted by Crippen LogP contribution is -2.21. The van der Waals surface area contributed by atoms with Crippen LogP contribution in [0.25, 0.3) is 0 Å². The molecule has 0 aliphatic rings. The lowest BCUT2D eigenvalue weighted by atomic mass is 10.2. The second-order valence-corrected chi connectivity index (χ2v) is 5.06. The summed E-state index contributed by atoms with van der Waals surface area (Å²) in [5, 5.41) is 9.40. The minimum absolute atomic E-state index is 0.194. The molecule has 0 aliphatic carbocycles. The highest BCUT2D eigenvalue weighted by Gasteiger charge is 2.46. The number of hydrogen-bond acceptors (Lipinski definition) is 4. The van der Waals surface area contributed by atoms with E-state index in [9.17, 15) is 31.7 Å². The average Bonchev–Trinajstić information content (AvgIpc) is 2.27. The molecular weight excluding hydrogens is 313 g/mol. The van der Waals surface area contributed by atoms with E-state index < -0.39 is 25.6 Å². The van der Waals surface area contributed by atoms with Crippen molar-refractivity contribution in [2.24, 2.45) is 4.40 Å². The maximum Gasteiger partial charge on any atom is 0.518 e. The summed E-state index contributed by atoms with van der Waals surface area (Å²) in [6.07, 6.45) is 0. The van der Waals surface area contributed by atoms with Gasteiger partial charge in [0.05, 0.1) is 4.92 Å². The molecule has 19 heavy (non-hydrogen) atoms. The normalized spacial score (nSPS) is 13.4. The van der Waals surface area contributed by atoms with Crippen LogP contribution in [0.3, 0.4) is 0 Å². The fourth-order valence-corrected chi connectivity index (χ4v) is 1.75. The fourth-order valence-electron chi connectivity index (χ4n) is 0.931. The van der Waals surface area contributed by atoms with Gasteiger partial charge >= 0.3 is 15.5 Å². The molecule has 104 valence electrons. The maximum atomic E-state index is 12.0. The third kappa shape index (κ3) is 3.64. The predicted octanol–water partition coefficient (Wildman–Crippen LogP) is 2.43. The SMILES string of the molecule is O=[N+]([O-])c1ccc(C(Cl)=NS(=O)(=O)C(F)(F)F)cc1. The Labute approximate surface area is 109 Å². The van der Waals surface area contributed by atoms with Crippen LogP contribution in [0.15, 0.2) is 28.7 Å². The first-order valence-corrected chi connectivity index (χ1v) is 6.18. The van der Waals surface area contributed by atoms with E-state index >= 15 is 0 Å². The molecule has 0 radical (unpaired) electrons. The van der Waals surface area contributed by atoms with Gasteiger partial charge in [0.1, 0.15) is 5.17 Å². The first kappa shape index (κ1) is 15.4. The fraction of sp³-hybridized carbons (Fsp3) is 0.125. The van der Waals surface area contributed by atoms with Crippen LogP contribution in [0, 0.1) is 10.1 Å².